The van der Waals surface area contributed by atoms with E-state index in [1.807, 2.05) is 34.9 Å². The number of esters is 1. The molecule has 0 aliphatic carbocycles. The number of nitrogens with two attached hydrogens (primary N) is 1. The van der Waals surface area contributed by atoms with Crippen LogP contribution in [-0.2, 0) is 4.74 Å². The van der Waals surface area contributed by atoms with Gasteiger partial charge in [-0.15, -0.1) is 0 Å². The van der Waals surface area contributed by atoms with Gasteiger partial charge in [-0.05, 0) is 60.7 Å². The van der Waals surface area contributed by atoms with Crippen molar-refractivity contribution in [2.24, 2.45) is 0 Å². The number of benzene rings is 2. The Hall–Kier alpha value is -5.03. The molecule has 5 rings (SSSR count). The number of aromatic nitrogens is 4. The van der Waals surface area contributed by atoms with Crippen LogP contribution in [0.1, 0.15) is 15.9 Å². The molecule has 0 bridgehead atoms. The maximum absolute atomic E-state index is 11.9. The Kier molecular flexibility index (Phi) is 5.20. The SMILES string of the molecule is COC(=O)c1ccc(-n2c(-c3cccnc3N)nc3ccc(-c4ccc(C#N)cc4)nc32)cc1. The molecule has 34 heavy (non-hydrogen) atoms. The number of methoxy groups -OCH3 is 1. The summed E-state index contributed by atoms with van der Waals surface area (Å²) in [5, 5.41) is 9.08. The average molecular weight is 446 g/mol. The third kappa shape index (κ3) is 3.61. The van der Waals surface area contributed by atoms with Crippen LogP contribution in [0.3, 0.4) is 0 Å². The molecule has 2 N–H and O–H groups in total. The van der Waals surface area contributed by atoms with E-state index in [4.69, 9.17) is 25.7 Å². The van der Waals surface area contributed by atoms with E-state index in [2.05, 4.69) is 11.1 Å². The number of fused-ring (bicyclic) bond motifs is 1. The van der Waals surface area contributed by atoms with Crippen molar-refractivity contribution >= 4 is 23.0 Å². The number of carbonyl (C=O) groups excluding carboxylic acids is 1. The van der Waals surface area contributed by atoms with Gasteiger partial charge in [-0.25, -0.2) is 19.7 Å². The lowest BCUT2D eigenvalue weighted by Crippen LogP contribution is -2.04. The zero-order chi connectivity index (χ0) is 23.7. The number of nitrogens with zero attached hydrogens (tertiary/aromatic N) is 5. The summed E-state index contributed by atoms with van der Waals surface area (Å²) in [7, 11) is 1.34. The van der Waals surface area contributed by atoms with Crippen molar-refractivity contribution in [3.05, 3.63) is 90.1 Å². The number of carbonyl (C=O) groups is 1. The number of nitrogen functional groups attached to an aromatic ring is 1. The number of nitriles is 1. The van der Waals surface area contributed by atoms with Gasteiger partial charge in [0, 0.05) is 17.4 Å². The fourth-order valence-electron chi connectivity index (χ4n) is 3.73. The molecule has 8 nitrogen and oxygen atoms in total. The Morgan fingerprint density at radius 2 is 1.76 bits per heavy atom. The van der Waals surface area contributed by atoms with Crippen LogP contribution in [0, 0.1) is 11.3 Å². The first-order valence-electron chi connectivity index (χ1n) is 10.4. The van der Waals surface area contributed by atoms with Crippen LogP contribution in [0.25, 0.3) is 39.5 Å². The third-order valence-electron chi connectivity index (χ3n) is 5.44. The average Bonchev–Trinajstić information content (AvgIpc) is 3.27. The van der Waals surface area contributed by atoms with Gasteiger partial charge in [0.1, 0.15) is 11.3 Å². The van der Waals surface area contributed by atoms with E-state index in [1.54, 1.807) is 48.7 Å². The number of rotatable bonds is 4. The van der Waals surface area contributed by atoms with Crippen LogP contribution in [0.2, 0.25) is 0 Å². The molecule has 0 fully saturated rings. The van der Waals surface area contributed by atoms with Crippen molar-refractivity contribution in [1.82, 2.24) is 19.5 Å². The van der Waals surface area contributed by atoms with Gasteiger partial charge >= 0.3 is 5.97 Å². The van der Waals surface area contributed by atoms with E-state index in [0.717, 1.165) is 16.9 Å². The molecule has 3 aromatic heterocycles. The molecule has 164 valence electrons. The minimum Gasteiger partial charge on any atom is -0.465 e. The van der Waals surface area contributed by atoms with Crippen LogP contribution in [0.15, 0.2) is 79.0 Å². The first kappa shape index (κ1) is 20.8. The summed E-state index contributed by atoms with van der Waals surface area (Å²) in [6, 6.07) is 23.8. The fraction of sp³-hybridized carbons (Fsp3) is 0.0385. The first-order chi connectivity index (χ1) is 16.6. The number of imidazole rings is 1. The maximum Gasteiger partial charge on any atom is 0.337 e. The Bertz CT molecular complexity index is 1560. The predicted molar refractivity (Wildman–Crippen MR) is 128 cm³/mol. The number of pyridine rings is 2. The van der Waals surface area contributed by atoms with Crippen LogP contribution in [-0.4, -0.2) is 32.6 Å². The second-order valence-corrected chi connectivity index (χ2v) is 7.47. The molecule has 2 aromatic carbocycles. The van der Waals surface area contributed by atoms with Crippen molar-refractivity contribution in [1.29, 1.82) is 5.26 Å². The van der Waals surface area contributed by atoms with E-state index in [0.29, 0.717) is 39.5 Å². The molecular weight excluding hydrogens is 428 g/mol. The lowest BCUT2D eigenvalue weighted by molar-refractivity contribution is 0.0600. The Morgan fingerprint density at radius 1 is 1.00 bits per heavy atom. The molecule has 0 saturated heterocycles. The van der Waals surface area contributed by atoms with Crippen molar-refractivity contribution in [2.75, 3.05) is 12.8 Å². The van der Waals surface area contributed by atoms with Gasteiger partial charge in [-0.1, -0.05) is 12.1 Å². The molecule has 0 amide bonds. The second kappa shape index (κ2) is 8.48. The molecule has 3 heterocycles. The largest absolute Gasteiger partial charge is 0.465 e. The number of hydrogen-bond donors (Lipinski definition) is 1. The molecule has 0 aliphatic heterocycles. The normalized spacial score (nSPS) is 10.7. The Labute approximate surface area is 194 Å². The van der Waals surface area contributed by atoms with E-state index in [1.165, 1.54) is 7.11 Å². The molecule has 5 aromatic rings. The summed E-state index contributed by atoms with van der Waals surface area (Å²) in [5.41, 5.74) is 11.5. The van der Waals surface area contributed by atoms with E-state index >= 15 is 0 Å². The highest BCUT2D eigenvalue weighted by molar-refractivity contribution is 5.90. The highest BCUT2D eigenvalue weighted by Crippen LogP contribution is 2.31. The predicted octanol–water partition coefficient (Wildman–Crippen LogP) is 4.39. The van der Waals surface area contributed by atoms with Gasteiger partial charge in [-0.2, -0.15) is 5.26 Å². The Morgan fingerprint density at radius 3 is 2.44 bits per heavy atom. The zero-order valence-electron chi connectivity index (χ0n) is 18.1. The van der Waals surface area contributed by atoms with Crippen molar-refractivity contribution in [3.8, 4) is 34.4 Å². The molecule has 0 radical (unpaired) electrons. The molecule has 0 atom stereocenters. The minimum atomic E-state index is -0.417. The summed E-state index contributed by atoms with van der Waals surface area (Å²) in [6.07, 6.45) is 1.62. The standard InChI is InChI=1S/C26H18N6O2/c1-34-26(33)18-8-10-19(11-9-18)32-24(20-3-2-14-29-23(20)28)31-22-13-12-21(30-25(22)32)17-6-4-16(15-27)5-7-17/h2-14H,1H3,(H2,28,29). The second-order valence-electron chi connectivity index (χ2n) is 7.47. The van der Waals surface area contributed by atoms with Crippen LogP contribution < -0.4 is 5.73 Å². The van der Waals surface area contributed by atoms with Gasteiger partial charge in [0.15, 0.2) is 11.5 Å². The zero-order valence-corrected chi connectivity index (χ0v) is 18.1. The number of anilines is 1. The number of hydrogen-bond acceptors (Lipinski definition) is 7. The molecular formula is C26H18N6O2. The smallest absolute Gasteiger partial charge is 0.337 e. The van der Waals surface area contributed by atoms with E-state index < -0.39 is 5.97 Å². The molecule has 0 aliphatic rings. The van der Waals surface area contributed by atoms with E-state index in [-0.39, 0.29) is 0 Å². The molecule has 0 spiro atoms. The van der Waals surface area contributed by atoms with Crippen LogP contribution in [0.5, 0.6) is 0 Å². The lowest BCUT2D eigenvalue weighted by atomic mass is 10.1. The van der Waals surface area contributed by atoms with Gasteiger partial charge < -0.3 is 10.5 Å². The molecule has 0 saturated carbocycles. The minimum absolute atomic E-state index is 0.345. The van der Waals surface area contributed by atoms with Gasteiger partial charge in [-0.3, -0.25) is 4.57 Å². The fourth-order valence-corrected chi connectivity index (χ4v) is 3.73. The quantitative estimate of drug-likeness (QED) is 0.407. The molecule has 8 heteroatoms. The lowest BCUT2D eigenvalue weighted by Gasteiger charge is -2.11. The van der Waals surface area contributed by atoms with Crippen molar-refractivity contribution in [3.63, 3.8) is 0 Å². The van der Waals surface area contributed by atoms with E-state index in [9.17, 15) is 4.79 Å². The number of ether oxygens (including phenoxy) is 1. The van der Waals surface area contributed by atoms with Crippen molar-refractivity contribution < 1.29 is 9.53 Å². The van der Waals surface area contributed by atoms with Gasteiger partial charge in [0.25, 0.3) is 0 Å². The van der Waals surface area contributed by atoms with Gasteiger partial charge in [0.05, 0.1) is 35.6 Å². The monoisotopic (exact) mass is 446 g/mol. The topological polar surface area (TPSA) is 120 Å². The van der Waals surface area contributed by atoms with Gasteiger partial charge in [0.2, 0.25) is 0 Å². The third-order valence-corrected chi connectivity index (χ3v) is 5.44. The van der Waals surface area contributed by atoms with Crippen LogP contribution in [0.4, 0.5) is 5.82 Å². The highest BCUT2D eigenvalue weighted by atomic mass is 16.5. The summed E-state index contributed by atoms with van der Waals surface area (Å²) in [4.78, 5) is 25.8. The summed E-state index contributed by atoms with van der Waals surface area (Å²) < 4.78 is 6.70. The highest BCUT2D eigenvalue weighted by Gasteiger charge is 2.19. The Balaban J connectivity index is 1.73. The summed E-state index contributed by atoms with van der Waals surface area (Å²) in [6.45, 7) is 0. The summed E-state index contributed by atoms with van der Waals surface area (Å²) in [5.74, 6) is 0.508. The maximum atomic E-state index is 11.9. The molecule has 0 unspecified atom stereocenters. The van der Waals surface area contributed by atoms with Crippen molar-refractivity contribution in [2.45, 2.75) is 0 Å². The first-order valence-corrected chi connectivity index (χ1v) is 10.4. The summed E-state index contributed by atoms with van der Waals surface area (Å²) >= 11 is 0. The van der Waals surface area contributed by atoms with Crippen LogP contribution >= 0.6 is 0 Å².